The van der Waals surface area contributed by atoms with Crippen LogP contribution in [0.2, 0.25) is 0 Å². The first-order valence-corrected chi connectivity index (χ1v) is 8.48. The summed E-state index contributed by atoms with van der Waals surface area (Å²) >= 11 is 0. The summed E-state index contributed by atoms with van der Waals surface area (Å²) in [7, 11) is 1.63. The monoisotopic (exact) mass is 358 g/mol. The summed E-state index contributed by atoms with van der Waals surface area (Å²) < 4.78 is 7.12. The van der Waals surface area contributed by atoms with Gasteiger partial charge in [0, 0.05) is 11.8 Å². The van der Waals surface area contributed by atoms with Crippen LogP contribution in [0.25, 0.3) is 16.9 Å². The summed E-state index contributed by atoms with van der Waals surface area (Å²) in [6.07, 6.45) is 1.92. The second-order valence-corrected chi connectivity index (χ2v) is 6.13. The number of pyridine rings is 1. The van der Waals surface area contributed by atoms with Crippen LogP contribution in [0.3, 0.4) is 0 Å². The molecule has 0 aliphatic carbocycles. The third-order valence-corrected chi connectivity index (χ3v) is 4.25. The molecule has 4 aromatic rings. The number of aromatic nitrogens is 2. The Morgan fingerprint density at radius 3 is 2.52 bits per heavy atom. The van der Waals surface area contributed by atoms with Crippen molar-refractivity contribution in [2.24, 2.45) is 10.2 Å². The van der Waals surface area contributed by atoms with E-state index in [-0.39, 0.29) is 5.75 Å². The Bertz CT molecular complexity index is 1130. The van der Waals surface area contributed by atoms with Gasteiger partial charge in [0.05, 0.1) is 7.11 Å². The summed E-state index contributed by atoms with van der Waals surface area (Å²) in [5, 5.41) is 18.6. The Morgan fingerprint density at radius 2 is 1.78 bits per heavy atom. The number of para-hydroxylation sites is 1. The molecule has 0 unspecified atom stereocenters. The summed E-state index contributed by atoms with van der Waals surface area (Å²) in [6.45, 7) is 2.02. The van der Waals surface area contributed by atoms with E-state index >= 15 is 0 Å². The molecule has 0 fully saturated rings. The van der Waals surface area contributed by atoms with Crippen LogP contribution >= 0.6 is 0 Å². The maximum atomic E-state index is 9.94. The van der Waals surface area contributed by atoms with Crippen LogP contribution in [-0.4, -0.2) is 21.6 Å². The minimum absolute atomic E-state index is 0.0805. The molecule has 0 saturated carbocycles. The van der Waals surface area contributed by atoms with Gasteiger partial charge in [0.1, 0.15) is 28.5 Å². The van der Waals surface area contributed by atoms with Crippen LogP contribution in [0.5, 0.6) is 11.5 Å². The molecule has 2 aromatic carbocycles. The van der Waals surface area contributed by atoms with E-state index in [1.165, 1.54) is 0 Å². The molecular formula is C21H18N4O2. The average Bonchev–Trinajstić information content (AvgIpc) is 3.05. The molecule has 4 rings (SSSR count). The number of imidazole rings is 1. The highest BCUT2D eigenvalue weighted by atomic mass is 16.5. The lowest BCUT2D eigenvalue weighted by atomic mass is 10.1. The fourth-order valence-electron chi connectivity index (χ4n) is 2.82. The summed E-state index contributed by atoms with van der Waals surface area (Å²) in [4.78, 5) is 4.74. The number of aromatic hydroxyl groups is 1. The van der Waals surface area contributed by atoms with Crippen LogP contribution < -0.4 is 4.74 Å². The van der Waals surface area contributed by atoms with Crippen molar-refractivity contribution in [1.82, 2.24) is 9.38 Å². The molecule has 134 valence electrons. The summed E-state index contributed by atoms with van der Waals surface area (Å²) in [5.41, 5.74) is 3.91. The van der Waals surface area contributed by atoms with Crippen molar-refractivity contribution in [3.05, 3.63) is 72.4 Å². The summed E-state index contributed by atoms with van der Waals surface area (Å²) in [6, 6.07) is 18.5. The number of methoxy groups -OCH3 is 1. The predicted octanol–water partition coefficient (Wildman–Crippen LogP) is 5.44. The molecule has 0 aliphatic heterocycles. The Hall–Kier alpha value is -3.67. The SMILES string of the molecule is COc1ccc(-c2nc3cc(C)ccn3c2N=Nc2ccccc2O)cc1. The Morgan fingerprint density at radius 1 is 1.00 bits per heavy atom. The number of aryl methyl sites for hydroxylation is 1. The van der Waals surface area contributed by atoms with Crippen molar-refractivity contribution in [3.63, 3.8) is 0 Å². The molecule has 0 spiro atoms. The Balaban J connectivity index is 1.87. The van der Waals surface area contributed by atoms with Crippen molar-refractivity contribution in [2.45, 2.75) is 6.92 Å². The fraction of sp³-hybridized carbons (Fsp3) is 0.0952. The third-order valence-electron chi connectivity index (χ3n) is 4.25. The van der Waals surface area contributed by atoms with E-state index in [9.17, 15) is 5.11 Å². The molecule has 0 atom stereocenters. The van der Waals surface area contributed by atoms with Gasteiger partial charge in [-0.25, -0.2) is 4.98 Å². The molecule has 0 saturated heterocycles. The van der Waals surface area contributed by atoms with Crippen LogP contribution in [0.4, 0.5) is 11.5 Å². The van der Waals surface area contributed by atoms with Crippen LogP contribution in [0.1, 0.15) is 5.56 Å². The first-order chi connectivity index (χ1) is 13.2. The van der Waals surface area contributed by atoms with Gasteiger partial charge >= 0.3 is 0 Å². The lowest BCUT2D eigenvalue weighted by Gasteiger charge is -2.02. The predicted molar refractivity (Wildman–Crippen MR) is 104 cm³/mol. The van der Waals surface area contributed by atoms with E-state index in [0.29, 0.717) is 17.2 Å². The van der Waals surface area contributed by atoms with Crippen molar-refractivity contribution >= 4 is 17.2 Å². The smallest absolute Gasteiger partial charge is 0.187 e. The van der Waals surface area contributed by atoms with Gasteiger partial charge in [-0.15, -0.1) is 10.2 Å². The number of nitrogens with zero attached hydrogens (tertiary/aromatic N) is 4. The Labute approximate surface area is 156 Å². The molecule has 0 radical (unpaired) electrons. The van der Waals surface area contributed by atoms with E-state index < -0.39 is 0 Å². The zero-order valence-electron chi connectivity index (χ0n) is 15.0. The minimum atomic E-state index is 0.0805. The number of hydrogen-bond donors (Lipinski definition) is 1. The molecule has 0 amide bonds. The molecule has 1 N–H and O–H groups in total. The lowest BCUT2D eigenvalue weighted by Crippen LogP contribution is -1.84. The molecule has 6 nitrogen and oxygen atoms in total. The van der Waals surface area contributed by atoms with Gasteiger partial charge in [0.25, 0.3) is 0 Å². The highest BCUT2D eigenvalue weighted by Gasteiger charge is 2.14. The maximum absolute atomic E-state index is 9.94. The normalized spacial score (nSPS) is 11.3. The van der Waals surface area contributed by atoms with Gasteiger partial charge in [0.2, 0.25) is 0 Å². The largest absolute Gasteiger partial charge is 0.506 e. The van der Waals surface area contributed by atoms with Crippen molar-refractivity contribution < 1.29 is 9.84 Å². The number of rotatable bonds is 4. The van der Waals surface area contributed by atoms with Crippen LogP contribution in [-0.2, 0) is 0 Å². The minimum Gasteiger partial charge on any atom is -0.506 e. The van der Waals surface area contributed by atoms with E-state index in [0.717, 1.165) is 22.5 Å². The molecule has 2 aromatic heterocycles. The standard InChI is InChI=1S/C21H18N4O2/c1-14-11-12-25-19(13-14)22-20(15-7-9-16(27-2)10-8-15)21(25)24-23-17-5-3-4-6-18(17)26/h3-13,26H,1-2H3. The second kappa shape index (κ2) is 6.92. The van der Waals surface area contributed by atoms with Crippen molar-refractivity contribution in [2.75, 3.05) is 7.11 Å². The first-order valence-electron chi connectivity index (χ1n) is 8.48. The van der Waals surface area contributed by atoms with Gasteiger partial charge in [0.15, 0.2) is 5.82 Å². The maximum Gasteiger partial charge on any atom is 0.187 e. The highest BCUT2D eigenvalue weighted by molar-refractivity contribution is 5.75. The highest BCUT2D eigenvalue weighted by Crippen LogP contribution is 2.34. The fourth-order valence-corrected chi connectivity index (χ4v) is 2.82. The number of azo groups is 1. The third kappa shape index (κ3) is 3.25. The van der Waals surface area contributed by atoms with Crippen molar-refractivity contribution in [3.8, 4) is 22.8 Å². The Kier molecular flexibility index (Phi) is 4.30. The second-order valence-electron chi connectivity index (χ2n) is 6.13. The molecule has 2 heterocycles. The van der Waals surface area contributed by atoms with Gasteiger partial charge in [-0.1, -0.05) is 12.1 Å². The van der Waals surface area contributed by atoms with E-state index in [1.807, 2.05) is 53.9 Å². The van der Waals surface area contributed by atoms with Gasteiger partial charge in [-0.3, -0.25) is 4.40 Å². The topological polar surface area (TPSA) is 71.5 Å². The zero-order valence-corrected chi connectivity index (χ0v) is 15.0. The van der Waals surface area contributed by atoms with E-state index in [1.54, 1.807) is 31.4 Å². The van der Waals surface area contributed by atoms with Gasteiger partial charge in [-0.2, -0.15) is 0 Å². The quantitative estimate of drug-likeness (QED) is 0.494. The van der Waals surface area contributed by atoms with Crippen LogP contribution in [0.15, 0.2) is 77.1 Å². The molecule has 27 heavy (non-hydrogen) atoms. The van der Waals surface area contributed by atoms with E-state index in [2.05, 4.69) is 10.2 Å². The number of ether oxygens (including phenoxy) is 1. The van der Waals surface area contributed by atoms with Gasteiger partial charge < -0.3 is 9.84 Å². The number of phenols is 1. The van der Waals surface area contributed by atoms with Crippen LogP contribution in [0, 0.1) is 6.92 Å². The average molecular weight is 358 g/mol. The van der Waals surface area contributed by atoms with E-state index in [4.69, 9.17) is 9.72 Å². The van der Waals surface area contributed by atoms with Crippen molar-refractivity contribution in [1.29, 1.82) is 0 Å². The molecule has 0 aliphatic rings. The molecular weight excluding hydrogens is 340 g/mol. The first kappa shape index (κ1) is 16.8. The number of fused-ring (bicyclic) bond motifs is 1. The lowest BCUT2D eigenvalue weighted by molar-refractivity contribution is 0.415. The van der Waals surface area contributed by atoms with Gasteiger partial charge in [-0.05, 0) is 61.0 Å². The summed E-state index contributed by atoms with van der Waals surface area (Å²) in [5.74, 6) is 1.45. The number of phenolic OH excluding ortho intramolecular Hbond substituents is 1. The zero-order chi connectivity index (χ0) is 18.8. The molecule has 6 heteroatoms. The molecule has 0 bridgehead atoms. The number of benzene rings is 2. The number of hydrogen-bond acceptors (Lipinski definition) is 5.